The van der Waals surface area contributed by atoms with Gasteiger partial charge in [-0.15, -0.1) is 0 Å². The molecule has 0 aliphatic carbocycles. The number of aliphatic hydroxyl groups excluding tert-OH is 1. The van der Waals surface area contributed by atoms with Crippen molar-refractivity contribution in [2.75, 3.05) is 0 Å². The van der Waals surface area contributed by atoms with Gasteiger partial charge in [-0.1, -0.05) is 52.3 Å². The minimum atomic E-state index is -0.463. The number of hydrogen-bond acceptors (Lipinski definition) is 1. The Balaban J connectivity index is 2.25. The van der Waals surface area contributed by atoms with Gasteiger partial charge >= 0.3 is 0 Å². The van der Waals surface area contributed by atoms with Gasteiger partial charge in [-0.25, -0.2) is 0 Å². The summed E-state index contributed by atoms with van der Waals surface area (Å²) in [6.45, 7) is 2.07. The summed E-state index contributed by atoms with van der Waals surface area (Å²) in [6.07, 6.45) is 0.163. The van der Waals surface area contributed by atoms with Gasteiger partial charge in [-0.2, -0.15) is 0 Å². The summed E-state index contributed by atoms with van der Waals surface area (Å²) >= 11 is 5.82. The monoisotopic (exact) mass is 416 g/mol. The fourth-order valence-corrected chi connectivity index (χ4v) is 3.08. The zero-order valence-corrected chi connectivity index (χ0v) is 13.8. The Labute approximate surface area is 130 Å². The van der Waals surface area contributed by atoms with E-state index < -0.39 is 6.10 Å². The van der Waals surface area contributed by atoms with Crippen molar-refractivity contribution in [3.63, 3.8) is 0 Å². The molecule has 0 amide bonds. The second-order valence-electron chi connectivity index (χ2n) is 4.29. The van der Waals surface area contributed by atoms with Crippen molar-refractivity contribution in [2.45, 2.75) is 19.4 Å². The lowest BCUT2D eigenvalue weighted by atomic mass is 10.0. The topological polar surface area (TPSA) is 20.2 Å². The Bertz CT molecular complexity index is 554. The average Bonchev–Trinajstić information content (AvgIpc) is 2.35. The number of aryl methyl sites for hydroxylation is 1. The number of benzene rings is 2. The molecule has 0 aliphatic heterocycles. The molecule has 3 heteroatoms. The summed E-state index contributed by atoms with van der Waals surface area (Å²) in [7, 11) is 0. The highest BCUT2D eigenvalue weighted by atomic mass is 127. The van der Waals surface area contributed by atoms with Crippen molar-refractivity contribution in [3.05, 3.63) is 67.2 Å². The van der Waals surface area contributed by atoms with Gasteiger partial charge in [0.25, 0.3) is 0 Å². The van der Waals surface area contributed by atoms with Gasteiger partial charge in [0.15, 0.2) is 0 Å². The molecule has 1 nitrogen and oxygen atoms in total. The second kappa shape index (κ2) is 6.17. The Morgan fingerprint density at radius 2 is 1.89 bits per heavy atom. The highest BCUT2D eigenvalue weighted by Crippen LogP contribution is 2.27. The third kappa shape index (κ3) is 3.13. The smallest absolute Gasteiger partial charge is 0.0841 e. The third-order valence-electron chi connectivity index (χ3n) is 2.95. The molecule has 94 valence electrons. The summed E-state index contributed by atoms with van der Waals surface area (Å²) in [5, 5.41) is 10.4. The first kappa shape index (κ1) is 14.0. The van der Waals surface area contributed by atoms with Crippen LogP contribution < -0.4 is 0 Å². The lowest BCUT2D eigenvalue weighted by Gasteiger charge is -2.15. The molecule has 0 aromatic heterocycles. The standard InChI is InChI=1S/C15H14BrIO/c1-10-5-4-7-12(15(10)17)14(18)9-11-6-2-3-8-13(11)16/h2-8,14,18H,9H2,1H3. The van der Waals surface area contributed by atoms with Gasteiger partial charge in [-0.3, -0.25) is 0 Å². The summed E-state index contributed by atoms with van der Waals surface area (Å²) in [6, 6.07) is 14.1. The Kier molecular flexibility index (Phi) is 4.81. The van der Waals surface area contributed by atoms with E-state index in [1.54, 1.807) is 0 Å². The summed E-state index contributed by atoms with van der Waals surface area (Å²) in [5.74, 6) is 0. The zero-order valence-electron chi connectivity index (χ0n) is 10.0. The minimum Gasteiger partial charge on any atom is -0.388 e. The maximum atomic E-state index is 10.4. The van der Waals surface area contributed by atoms with Crippen LogP contribution in [0.5, 0.6) is 0 Å². The maximum Gasteiger partial charge on any atom is 0.0841 e. The Morgan fingerprint density at radius 1 is 1.17 bits per heavy atom. The van der Waals surface area contributed by atoms with Crippen LogP contribution in [0.4, 0.5) is 0 Å². The SMILES string of the molecule is Cc1cccc(C(O)Cc2ccccc2Br)c1I. The average molecular weight is 417 g/mol. The van der Waals surface area contributed by atoms with Crippen LogP contribution in [-0.4, -0.2) is 5.11 Å². The lowest BCUT2D eigenvalue weighted by molar-refractivity contribution is 0.177. The van der Waals surface area contributed by atoms with Crippen LogP contribution in [0.15, 0.2) is 46.9 Å². The number of hydrogen-bond donors (Lipinski definition) is 1. The first-order valence-electron chi connectivity index (χ1n) is 5.76. The van der Waals surface area contributed by atoms with Crippen molar-refractivity contribution in [3.8, 4) is 0 Å². The predicted molar refractivity (Wildman–Crippen MR) is 86.7 cm³/mol. The number of aliphatic hydroxyl groups is 1. The van der Waals surface area contributed by atoms with Crippen molar-refractivity contribution in [1.29, 1.82) is 0 Å². The van der Waals surface area contributed by atoms with E-state index in [-0.39, 0.29) is 0 Å². The molecule has 0 heterocycles. The predicted octanol–water partition coefficient (Wildman–Crippen LogP) is 4.64. The molecule has 2 aromatic carbocycles. The summed E-state index contributed by atoms with van der Waals surface area (Å²) < 4.78 is 2.20. The summed E-state index contributed by atoms with van der Waals surface area (Å²) in [4.78, 5) is 0. The molecular weight excluding hydrogens is 403 g/mol. The van der Waals surface area contributed by atoms with Crippen molar-refractivity contribution in [2.24, 2.45) is 0 Å². The van der Waals surface area contributed by atoms with E-state index in [2.05, 4.69) is 51.5 Å². The van der Waals surface area contributed by atoms with Crippen LogP contribution in [0.25, 0.3) is 0 Å². The van der Waals surface area contributed by atoms with Gasteiger partial charge in [0.1, 0.15) is 0 Å². The molecule has 0 fully saturated rings. The van der Waals surface area contributed by atoms with E-state index in [0.29, 0.717) is 6.42 Å². The van der Waals surface area contributed by atoms with Crippen LogP contribution in [0, 0.1) is 10.5 Å². The van der Waals surface area contributed by atoms with Gasteiger partial charge in [0.05, 0.1) is 6.10 Å². The molecule has 18 heavy (non-hydrogen) atoms. The summed E-state index contributed by atoms with van der Waals surface area (Å²) in [5.41, 5.74) is 3.34. The largest absolute Gasteiger partial charge is 0.388 e. The molecule has 0 radical (unpaired) electrons. The van der Waals surface area contributed by atoms with Gasteiger partial charge < -0.3 is 5.11 Å². The Hall–Kier alpha value is -0.390. The molecule has 0 aliphatic rings. The van der Waals surface area contributed by atoms with Gasteiger partial charge in [-0.05, 0) is 52.3 Å². The Morgan fingerprint density at radius 3 is 2.61 bits per heavy atom. The van der Waals surface area contributed by atoms with Crippen LogP contribution >= 0.6 is 38.5 Å². The van der Waals surface area contributed by atoms with E-state index in [1.165, 1.54) is 5.56 Å². The molecule has 0 saturated carbocycles. The van der Waals surface area contributed by atoms with E-state index in [1.807, 2.05) is 36.4 Å². The molecule has 1 unspecified atom stereocenters. The molecule has 1 N–H and O–H groups in total. The van der Waals surface area contributed by atoms with Crippen LogP contribution in [0.1, 0.15) is 22.8 Å². The quantitative estimate of drug-likeness (QED) is 0.722. The van der Waals surface area contributed by atoms with Crippen LogP contribution in [-0.2, 0) is 6.42 Å². The van der Waals surface area contributed by atoms with Gasteiger partial charge in [0, 0.05) is 14.5 Å². The number of halogens is 2. The lowest BCUT2D eigenvalue weighted by Crippen LogP contribution is -2.05. The van der Waals surface area contributed by atoms with E-state index in [4.69, 9.17) is 0 Å². The molecule has 2 aromatic rings. The molecule has 0 spiro atoms. The molecule has 2 rings (SSSR count). The zero-order chi connectivity index (χ0) is 13.1. The highest BCUT2D eigenvalue weighted by Gasteiger charge is 2.14. The first-order valence-corrected chi connectivity index (χ1v) is 7.63. The van der Waals surface area contributed by atoms with E-state index in [0.717, 1.165) is 19.2 Å². The fraction of sp³-hybridized carbons (Fsp3) is 0.200. The van der Waals surface area contributed by atoms with Crippen molar-refractivity contribution in [1.82, 2.24) is 0 Å². The van der Waals surface area contributed by atoms with E-state index in [9.17, 15) is 5.11 Å². The number of rotatable bonds is 3. The minimum absolute atomic E-state index is 0.463. The van der Waals surface area contributed by atoms with E-state index >= 15 is 0 Å². The normalized spacial score (nSPS) is 12.4. The van der Waals surface area contributed by atoms with Crippen molar-refractivity contribution >= 4 is 38.5 Å². The molecule has 0 saturated heterocycles. The highest BCUT2D eigenvalue weighted by molar-refractivity contribution is 14.1. The third-order valence-corrected chi connectivity index (χ3v) is 5.20. The van der Waals surface area contributed by atoms with Crippen LogP contribution in [0.3, 0.4) is 0 Å². The fourth-order valence-electron chi connectivity index (χ4n) is 1.91. The molecular formula is C15H14BrIO. The van der Waals surface area contributed by atoms with Crippen molar-refractivity contribution < 1.29 is 5.11 Å². The first-order chi connectivity index (χ1) is 8.59. The maximum absolute atomic E-state index is 10.4. The van der Waals surface area contributed by atoms with Crippen LogP contribution in [0.2, 0.25) is 0 Å². The second-order valence-corrected chi connectivity index (χ2v) is 6.22. The molecule has 0 bridgehead atoms. The van der Waals surface area contributed by atoms with Gasteiger partial charge in [0.2, 0.25) is 0 Å². The molecule has 1 atom stereocenters.